The highest BCUT2D eigenvalue weighted by Gasteiger charge is 2.15. The van der Waals surface area contributed by atoms with E-state index in [-0.39, 0.29) is 17.9 Å². The van der Waals surface area contributed by atoms with E-state index in [1.165, 1.54) is 0 Å². The molecule has 1 amide bonds. The van der Waals surface area contributed by atoms with E-state index in [1.54, 1.807) is 0 Å². The van der Waals surface area contributed by atoms with Crippen molar-refractivity contribution in [1.29, 1.82) is 0 Å². The van der Waals surface area contributed by atoms with E-state index in [2.05, 4.69) is 5.32 Å². The van der Waals surface area contributed by atoms with E-state index in [4.69, 9.17) is 16.3 Å². The number of carbonyl (C=O) groups excluding carboxylic acids is 1. The van der Waals surface area contributed by atoms with Crippen molar-refractivity contribution in [3.05, 3.63) is 29.3 Å². The standard InChI is InChI=1S/C15H18ClF2NO2/c16-12(6-7-21-9-14(17)18)10-4-5-13-11(8-10)2-1-3-15(20)19-13/h4-5,8,12,14H,1-3,6-7,9H2,(H,19,20). The minimum absolute atomic E-state index is 0.0318. The Bertz CT molecular complexity index is 497. The van der Waals surface area contributed by atoms with Crippen LogP contribution >= 0.6 is 11.6 Å². The molecule has 0 aliphatic carbocycles. The van der Waals surface area contributed by atoms with Crippen molar-refractivity contribution >= 4 is 23.2 Å². The Hall–Kier alpha value is -1.20. The number of rotatable bonds is 6. The van der Waals surface area contributed by atoms with Gasteiger partial charge in [0.2, 0.25) is 5.91 Å². The summed E-state index contributed by atoms with van der Waals surface area (Å²) >= 11 is 6.28. The van der Waals surface area contributed by atoms with Gasteiger partial charge in [0.25, 0.3) is 6.43 Å². The fraction of sp³-hybridized carbons (Fsp3) is 0.533. The van der Waals surface area contributed by atoms with Gasteiger partial charge in [0.05, 0.1) is 5.38 Å². The van der Waals surface area contributed by atoms with Gasteiger partial charge in [-0.2, -0.15) is 0 Å². The highest BCUT2D eigenvalue weighted by atomic mass is 35.5. The first-order valence-corrected chi connectivity index (χ1v) is 7.42. The van der Waals surface area contributed by atoms with Gasteiger partial charge in [-0.1, -0.05) is 12.1 Å². The number of amides is 1. The molecular weight excluding hydrogens is 300 g/mol. The van der Waals surface area contributed by atoms with E-state index >= 15 is 0 Å². The van der Waals surface area contributed by atoms with Crippen molar-refractivity contribution in [3.63, 3.8) is 0 Å². The van der Waals surface area contributed by atoms with Crippen LogP contribution in [0.15, 0.2) is 18.2 Å². The number of alkyl halides is 3. The van der Waals surface area contributed by atoms with E-state index in [0.29, 0.717) is 12.8 Å². The number of fused-ring (bicyclic) bond motifs is 1. The minimum atomic E-state index is -2.45. The molecule has 1 unspecified atom stereocenters. The molecule has 0 bridgehead atoms. The highest BCUT2D eigenvalue weighted by Crippen LogP contribution is 2.30. The van der Waals surface area contributed by atoms with Crippen LogP contribution in [0.4, 0.5) is 14.5 Å². The van der Waals surface area contributed by atoms with E-state index in [1.807, 2.05) is 18.2 Å². The zero-order chi connectivity index (χ0) is 15.2. The molecule has 1 aromatic rings. The van der Waals surface area contributed by atoms with Crippen LogP contribution in [0.25, 0.3) is 0 Å². The summed E-state index contributed by atoms with van der Waals surface area (Å²) in [4.78, 5) is 11.5. The topological polar surface area (TPSA) is 38.3 Å². The number of benzene rings is 1. The summed E-state index contributed by atoms with van der Waals surface area (Å²) < 4.78 is 28.7. The zero-order valence-corrected chi connectivity index (χ0v) is 12.3. The van der Waals surface area contributed by atoms with Crippen molar-refractivity contribution in [2.75, 3.05) is 18.5 Å². The molecule has 1 aliphatic rings. The second-order valence-electron chi connectivity index (χ2n) is 5.04. The second-order valence-corrected chi connectivity index (χ2v) is 5.57. The molecule has 1 aliphatic heterocycles. The van der Waals surface area contributed by atoms with Gasteiger partial charge in [-0.15, -0.1) is 11.6 Å². The van der Waals surface area contributed by atoms with Gasteiger partial charge in [0, 0.05) is 18.7 Å². The normalized spacial score (nSPS) is 16.3. The molecule has 1 atom stereocenters. The van der Waals surface area contributed by atoms with Crippen molar-refractivity contribution in [3.8, 4) is 0 Å². The van der Waals surface area contributed by atoms with Crippen molar-refractivity contribution in [2.45, 2.75) is 37.5 Å². The van der Waals surface area contributed by atoms with Crippen LogP contribution in [0.2, 0.25) is 0 Å². The van der Waals surface area contributed by atoms with E-state index in [0.717, 1.165) is 29.7 Å². The first-order chi connectivity index (χ1) is 10.1. The fourth-order valence-electron chi connectivity index (χ4n) is 2.32. The molecular formula is C15H18ClF2NO2. The predicted molar refractivity (Wildman–Crippen MR) is 78.0 cm³/mol. The third kappa shape index (κ3) is 4.93. The maximum Gasteiger partial charge on any atom is 0.261 e. The summed E-state index contributed by atoms with van der Waals surface area (Å²) in [6.45, 7) is -0.355. The van der Waals surface area contributed by atoms with Crippen molar-refractivity contribution < 1.29 is 18.3 Å². The molecule has 0 saturated carbocycles. The molecule has 0 radical (unpaired) electrons. The lowest BCUT2D eigenvalue weighted by atomic mass is 10.0. The molecule has 6 heteroatoms. The number of ether oxygens (including phenoxy) is 1. The van der Waals surface area contributed by atoms with Crippen LogP contribution in [-0.4, -0.2) is 25.5 Å². The monoisotopic (exact) mass is 317 g/mol. The maximum atomic E-state index is 11.9. The Kier molecular flexibility index (Phi) is 5.94. The molecule has 0 spiro atoms. The van der Waals surface area contributed by atoms with Crippen molar-refractivity contribution in [1.82, 2.24) is 0 Å². The van der Waals surface area contributed by atoms with Crippen LogP contribution in [0, 0.1) is 0 Å². The quantitative estimate of drug-likeness (QED) is 0.638. The lowest BCUT2D eigenvalue weighted by molar-refractivity contribution is -0.116. The second kappa shape index (κ2) is 7.71. The largest absolute Gasteiger partial charge is 0.375 e. The first-order valence-electron chi connectivity index (χ1n) is 6.99. The number of hydrogen-bond acceptors (Lipinski definition) is 2. The molecule has 3 nitrogen and oxygen atoms in total. The molecule has 1 aromatic carbocycles. The van der Waals surface area contributed by atoms with Crippen LogP contribution in [0.1, 0.15) is 35.8 Å². The van der Waals surface area contributed by atoms with Gasteiger partial charge in [0.1, 0.15) is 6.61 Å². The number of aryl methyl sites for hydroxylation is 1. The molecule has 21 heavy (non-hydrogen) atoms. The molecule has 1 heterocycles. The van der Waals surface area contributed by atoms with Crippen LogP contribution in [0.5, 0.6) is 0 Å². The van der Waals surface area contributed by atoms with Crippen LogP contribution in [-0.2, 0) is 16.0 Å². The Balaban J connectivity index is 1.94. The van der Waals surface area contributed by atoms with Crippen LogP contribution in [0.3, 0.4) is 0 Å². The molecule has 2 rings (SSSR count). The summed E-state index contributed by atoms with van der Waals surface area (Å²) in [7, 11) is 0. The SMILES string of the molecule is O=C1CCCc2cc(C(Cl)CCOCC(F)F)ccc2N1. The van der Waals surface area contributed by atoms with Gasteiger partial charge in [0.15, 0.2) is 0 Å². The van der Waals surface area contributed by atoms with Gasteiger partial charge in [-0.25, -0.2) is 8.78 Å². The summed E-state index contributed by atoms with van der Waals surface area (Å²) in [5, 5.41) is 2.58. The number of halogens is 3. The Labute approximate surface area is 127 Å². The predicted octanol–water partition coefficient (Wildman–Crippen LogP) is 3.91. The van der Waals surface area contributed by atoms with E-state index < -0.39 is 13.0 Å². The summed E-state index contributed by atoms with van der Waals surface area (Å²) in [5.41, 5.74) is 2.82. The molecule has 1 N–H and O–H groups in total. The Morgan fingerprint density at radius 1 is 1.33 bits per heavy atom. The van der Waals surface area contributed by atoms with Crippen LogP contribution < -0.4 is 5.32 Å². The zero-order valence-electron chi connectivity index (χ0n) is 11.6. The Morgan fingerprint density at radius 3 is 2.90 bits per heavy atom. The lowest BCUT2D eigenvalue weighted by Crippen LogP contribution is -2.09. The average Bonchev–Trinajstić information content (AvgIpc) is 2.62. The minimum Gasteiger partial charge on any atom is -0.375 e. The maximum absolute atomic E-state index is 11.9. The van der Waals surface area contributed by atoms with Gasteiger partial charge >= 0.3 is 0 Å². The molecule has 0 aromatic heterocycles. The summed E-state index contributed by atoms with van der Waals surface area (Å²) in [6.07, 6.45) is 0.185. The summed E-state index contributed by atoms with van der Waals surface area (Å²) in [6, 6.07) is 5.68. The average molecular weight is 318 g/mol. The number of nitrogens with one attached hydrogen (secondary N) is 1. The number of anilines is 1. The van der Waals surface area contributed by atoms with Gasteiger partial charge < -0.3 is 10.1 Å². The molecule has 0 fully saturated rings. The summed E-state index contributed by atoms with van der Waals surface area (Å²) in [5.74, 6) is 0.0318. The first kappa shape index (κ1) is 16.2. The number of carbonyl (C=O) groups is 1. The third-order valence-electron chi connectivity index (χ3n) is 3.37. The Morgan fingerprint density at radius 2 is 2.14 bits per heavy atom. The third-order valence-corrected chi connectivity index (χ3v) is 3.84. The molecule has 116 valence electrons. The van der Waals surface area contributed by atoms with Crippen molar-refractivity contribution in [2.24, 2.45) is 0 Å². The van der Waals surface area contributed by atoms with Gasteiger partial charge in [-0.3, -0.25) is 4.79 Å². The van der Waals surface area contributed by atoms with E-state index in [9.17, 15) is 13.6 Å². The highest BCUT2D eigenvalue weighted by molar-refractivity contribution is 6.20. The molecule has 0 saturated heterocycles. The fourth-order valence-corrected chi connectivity index (χ4v) is 2.54. The number of hydrogen-bond donors (Lipinski definition) is 1. The van der Waals surface area contributed by atoms with Gasteiger partial charge in [-0.05, 0) is 36.5 Å². The smallest absolute Gasteiger partial charge is 0.261 e. The lowest BCUT2D eigenvalue weighted by Gasteiger charge is -2.14.